The maximum atomic E-state index is 9.66. The topological polar surface area (TPSA) is 45.2 Å². The van der Waals surface area contributed by atoms with Crippen molar-refractivity contribution in [3.63, 3.8) is 0 Å². The average Bonchev–Trinajstić information content (AvgIpc) is 2.39. The van der Waals surface area contributed by atoms with E-state index in [1.165, 1.54) is 19.3 Å². The lowest BCUT2D eigenvalue weighted by atomic mass is 9.74. The van der Waals surface area contributed by atoms with Gasteiger partial charge in [-0.15, -0.1) is 0 Å². The Kier molecular flexibility index (Phi) is 4.46. The molecule has 1 aromatic rings. The molecule has 0 spiro atoms. The summed E-state index contributed by atoms with van der Waals surface area (Å²) < 4.78 is 0. The van der Waals surface area contributed by atoms with Gasteiger partial charge in [-0.3, -0.25) is 0 Å². The second-order valence-corrected chi connectivity index (χ2v) is 5.73. The van der Waals surface area contributed by atoms with Gasteiger partial charge >= 0.3 is 0 Å². The normalized spacial score (nSPS) is 18.6. The minimum atomic E-state index is 0.0460. The van der Waals surface area contributed by atoms with Crippen LogP contribution in [0.1, 0.15) is 37.8 Å². The molecule has 1 aliphatic rings. The molecule has 0 unspecified atom stereocenters. The van der Waals surface area contributed by atoms with Crippen LogP contribution in [0.2, 0.25) is 5.15 Å². The number of hydrogen-bond donors (Lipinski definition) is 2. The summed E-state index contributed by atoms with van der Waals surface area (Å²) in [6.45, 7) is 3.02. The maximum Gasteiger partial charge on any atom is 0.129 e. The summed E-state index contributed by atoms with van der Waals surface area (Å²) in [7, 11) is 0. The van der Waals surface area contributed by atoms with E-state index < -0.39 is 0 Å². The van der Waals surface area contributed by atoms with Crippen molar-refractivity contribution in [2.24, 2.45) is 5.41 Å². The first-order valence-corrected chi connectivity index (χ1v) is 7.01. The van der Waals surface area contributed by atoms with Crippen LogP contribution in [0.4, 0.5) is 5.69 Å². The third-order valence-electron chi connectivity index (χ3n) is 3.96. The Balaban J connectivity index is 2.01. The molecule has 4 heteroatoms. The monoisotopic (exact) mass is 268 g/mol. The van der Waals surface area contributed by atoms with Crippen molar-refractivity contribution >= 4 is 17.3 Å². The van der Waals surface area contributed by atoms with Crippen molar-refractivity contribution in [2.75, 3.05) is 18.5 Å². The number of aromatic nitrogens is 1. The third-order valence-corrected chi connectivity index (χ3v) is 4.17. The quantitative estimate of drug-likeness (QED) is 0.823. The Morgan fingerprint density at radius 1 is 1.33 bits per heavy atom. The van der Waals surface area contributed by atoms with Gasteiger partial charge in [0.15, 0.2) is 0 Å². The third kappa shape index (κ3) is 3.15. The largest absolute Gasteiger partial charge is 0.396 e. The molecule has 2 rings (SSSR count). The number of halogens is 1. The van der Waals surface area contributed by atoms with Crippen LogP contribution in [0, 0.1) is 12.3 Å². The predicted octanol–water partition coefficient (Wildman–Crippen LogP) is 3.40. The molecule has 2 N–H and O–H groups in total. The van der Waals surface area contributed by atoms with Gasteiger partial charge in [0.05, 0.1) is 18.0 Å². The van der Waals surface area contributed by atoms with Crippen molar-refractivity contribution in [1.29, 1.82) is 0 Å². The highest BCUT2D eigenvalue weighted by atomic mass is 35.5. The maximum absolute atomic E-state index is 9.66. The van der Waals surface area contributed by atoms with E-state index in [1.54, 1.807) is 6.07 Å². The van der Waals surface area contributed by atoms with Crippen molar-refractivity contribution < 1.29 is 5.11 Å². The van der Waals surface area contributed by atoms with Gasteiger partial charge in [-0.25, -0.2) is 4.98 Å². The van der Waals surface area contributed by atoms with Crippen LogP contribution in [0.15, 0.2) is 12.1 Å². The zero-order valence-corrected chi connectivity index (χ0v) is 11.6. The van der Waals surface area contributed by atoms with Crippen LogP contribution in [0.3, 0.4) is 0 Å². The van der Waals surface area contributed by atoms with E-state index in [4.69, 9.17) is 11.6 Å². The summed E-state index contributed by atoms with van der Waals surface area (Å²) in [6.07, 6.45) is 5.95. The molecule has 1 aromatic heterocycles. The SMILES string of the molecule is Cc1nc(Cl)ccc1NCC1(CO)CCCCC1. The van der Waals surface area contributed by atoms with Gasteiger partial charge in [-0.1, -0.05) is 30.9 Å². The summed E-state index contributed by atoms with van der Waals surface area (Å²) in [6, 6.07) is 3.75. The Morgan fingerprint density at radius 2 is 2.06 bits per heavy atom. The molecular formula is C14H21ClN2O. The number of aryl methyl sites for hydroxylation is 1. The van der Waals surface area contributed by atoms with E-state index >= 15 is 0 Å². The molecule has 0 atom stereocenters. The van der Waals surface area contributed by atoms with Crippen LogP contribution in [0.5, 0.6) is 0 Å². The number of anilines is 1. The zero-order chi connectivity index (χ0) is 13.0. The van der Waals surface area contributed by atoms with Gasteiger partial charge in [0.25, 0.3) is 0 Å². The fourth-order valence-electron chi connectivity index (χ4n) is 2.69. The summed E-state index contributed by atoms with van der Waals surface area (Å²) in [5.41, 5.74) is 1.97. The average molecular weight is 269 g/mol. The molecule has 18 heavy (non-hydrogen) atoms. The molecule has 1 saturated carbocycles. The van der Waals surface area contributed by atoms with E-state index in [1.807, 2.05) is 13.0 Å². The van der Waals surface area contributed by atoms with Crippen molar-refractivity contribution in [2.45, 2.75) is 39.0 Å². The number of aliphatic hydroxyl groups excluding tert-OH is 1. The Labute approximate surface area is 114 Å². The highest BCUT2D eigenvalue weighted by Gasteiger charge is 2.31. The second kappa shape index (κ2) is 5.89. The minimum Gasteiger partial charge on any atom is -0.396 e. The molecule has 0 radical (unpaired) electrons. The van der Waals surface area contributed by atoms with E-state index in [2.05, 4.69) is 10.3 Å². The lowest BCUT2D eigenvalue weighted by molar-refractivity contribution is 0.0944. The number of nitrogens with zero attached hydrogens (tertiary/aromatic N) is 1. The molecule has 0 saturated heterocycles. The summed E-state index contributed by atoms with van der Waals surface area (Å²) in [4.78, 5) is 4.23. The van der Waals surface area contributed by atoms with Gasteiger partial charge in [-0.2, -0.15) is 0 Å². The lowest BCUT2D eigenvalue weighted by Crippen LogP contribution is -2.35. The summed E-state index contributed by atoms with van der Waals surface area (Å²) in [5.74, 6) is 0. The Hall–Kier alpha value is -0.800. The fourth-order valence-corrected chi connectivity index (χ4v) is 2.88. The van der Waals surface area contributed by atoms with Gasteiger partial charge in [0, 0.05) is 12.0 Å². The van der Waals surface area contributed by atoms with Crippen LogP contribution < -0.4 is 5.32 Å². The number of hydrogen-bond acceptors (Lipinski definition) is 3. The van der Waals surface area contributed by atoms with E-state index in [9.17, 15) is 5.11 Å². The van der Waals surface area contributed by atoms with Crippen LogP contribution in [-0.2, 0) is 0 Å². The number of pyridine rings is 1. The first-order chi connectivity index (χ1) is 8.65. The molecule has 0 amide bonds. The molecule has 1 fully saturated rings. The summed E-state index contributed by atoms with van der Waals surface area (Å²) in [5, 5.41) is 13.6. The van der Waals surface area contributed by atoms with Gasteiger partial charge in [0.2, 0.25) is 0 Å². The molecule has 100 valence electrons. The Morgan fingerprint density at radius 3 is 2.67 bits per heavy atom. The molecule has 0 aliphatic heterocycles. The smallest absolute Gasteiger partial charge is 0.129 e. The van der Waals surface area contributed by atoms with Crippen molar-refractivity contribution in [1.82, 2.24) is 4.98 Å². The van der Waals surface area contributed by atoms with Crippen LogP contribution in [-0.4, -0.2) is 23.2 Å². The molecule has 1 aliphatic carbocycles. The van der Waals surface area contributed by atoms with Crippen LogP contribution >= 0.6 is 11.6 Å². The molecule has 0 bridgehead atoms. The predicted molar refractivity (Wildman–Crippen MR) is 75.1 cm³/mol. The Bertz CT molecular complexity index is 403. The van der Waals surface area contributed by atoms with E-state index in [0.29, 0.717) is 5.15 Å². The lowest BCUT2D eigenvalue weighted by Gasteiger charge is -2.36. The van der Waals surface area contributed by atoms with E-state index in [0.717, 1.165) is 30.8 Å². The minimum absolute atomic E-state index is 0.0460. The van der Waals surface area contributed by atoms with Crippen LogP contribution in [0.25, 0.3) is 0 Å². The van der Waals surface area contributed by atoms with Gasteiger partial charge in [-0.05, 0) is 31.9 Å². The first kappa shape index (κ1) is 13.6. The molecular weight excluding hydrogens is 248 g/mol. The van der Waals surface area contributed by atoms with Gasteiger partial charge < -0.3 is 10.4 Å². The summed E-state index contributed by atoms with van der Waals surface area (Å²) >= 11 is 5.84. The number of aliphatic hydroxyl groups is 1. The number of rotatable bonds is 4. The molecule has 0 aromatic carbocycles. The highest BCUT2D eigenvalue weighted by molar-refractivity contribution is 6.29. The number of nitrogens with one attached hydrogen (secondary N) is 1. The van der Waals surface area contributed by atoms with Crippen molar-refractivity contribution in [3.05, 3.63) is 23.0 Å². The molecule has 3 nitrogen and oxygen atoms in total. The first-order valence-electron chi connectivity index (χ1n) is 6.63. The standard InChI is InChI=1S/C14H21ClN2O/c1-11-12(5-6-13(15)17-11)16-9-14(10-18)7-3-2-4-8-14/h5-6,16,18H,2-4,7-10H2,1H3. The highest BCUT2D eigenvalue weighted by Crippen LogP contribution is 2.36. The fraction of sp³-hybridized carbons (Fsp3) is 0.643. The molecule has 1 heterocycles. The second-order valence-electron chi connectivity index (χ2n) is 5.34. The van der Waals surface area contributed by atoms with Gasteiger partial charge in [0.1, 0.15) is 5.15 Å². The van der Waals surface area contributed by atoms with Crippen molar-refractivity contribution in [3.8, 4) is 0 Å². The van der Waals surface area contributed by atoms with E-state index in [-0.39, 0.29) is 12.0 Å². The zero-order valence-electron chi connectivity index (χ0n) is 10.9.